The second-order valence-corrected chi connectivity index (χ2v) is 12.3. The molecule has 0 radical (unpaired) electrons. The van der Waals surface area contributed by atoms with E-state index < -0.39 is 15.3 Å². The van der Waals surface area contributed by atoms with E-state index in [1.807, 2.05) is 6.92 Å². The van der Waals surface area contributed by atoms with Crippen LogP contribution in [0.5, 0.6) is 0 Å². The molecule has 31 heavy (non-hydrogen) atoms. The van der Waals surface area contributed by atoms with Gasteiger partial charge in [-0.05, 0) is 63.2 Å². The highest BCUT2D eigenvalue weighted by Crippen LogP contribution is 2.43. The molecule has 3 saturated carbocycles. The van der Waals surface area contributed by atoms with Crippen molar-refractivity contribution in [3.05, 3.63) is 0 Å². The molecule has 7 nitrogen and oxygen atoms in total. The summed E-state index contributed by atoms with van der Waals surface area (Å²) >= 11 is 0. The highest BCUT2D eigenvalue weighted by Gasteiger charge is 2.39. The van der Waals surface area contributed by atoms with Gasteiger partial charge in [0.2, 0.25) is 15.9 Å². The maximum Gasteiger partial charge on any atom is 0.243 e. The van der Waals surface area contributed by atoms with Crippen molar-refractivity contribution in [3.63, 3.8) is 0 Å². The molecule has 0 bridgehead atoms. The van der Waals surface area contributed by atoms with Gasteiger partial charge in [0.1, 0.15) is 0 Å². The summed E-state index contributed by atoms with van der Waals surface area (Å²) in [4.78, 5) is 12.8. The number of sulfonamides is 1. The van der Waals surface area contributed by atoms with Crippen LogP contribution in [0.4, 0.5) is 0 Å². The second-order valence-electron chi connectivity index (χ2n) is 10.1. The van der Waals surface area contributed by atoms with Gasteiger partial charge in [0.05, 0.1) is 18.5 Å². The maximum absolute atomic E-state index is 13.0. The van der Waals surface area contributed by atoms with Crippen LogP contribution >= 0.6 is 0 Å². The Morgan fingerprint density at radius 1 is 0.903 bits per heavy atom. The van der Waals surface area contributed by atoms with E-state index in [2.05, 4.69) is 10.5 Å². The molecule has 0 aromatic carbocycles. The van der Waals surface area contributed by atoms with E-state index in [4.69, 9.17) is 4.74 Å². The number of morpholine rings is 1. The fourth-order valence-electron chi connectivity index (χ4n) is 6.24. The van der Waals surface area contributed by atoms with Crippen molar-refractivity contribution in [1.82, 2.24) is 9.73 Å². The van der Waals surface area contributed by atoms with Crippen LogP contribution in [0.25, 0.3) is 0 Å². The standard InChI is InChI=1S/C23H39N3O4S/c1-17(19-10-9-18-5-2-3-6-20(18)15-19)24-25-23(27)21-7-4-8-22(16-21)31(28,29)26-11-13-30-14-12-26/h18-22H,2-16H2,1H3,(H,25,27)/b24-17+. The molecule has 5 atom stereocenters. The van der Waals surface area contributed by atoms with Crippen LogP contribution in [0.15, 0.2) is 5.10 Å². The van der Waals surface area contributed by atoms with E-state index in [0.717, 1.165) is 30.4 Å². The van der Waals surface area contributed by atoms with Gasteiger partial charge in [0.15, 0.2) is 0 Å². The summed E-state index contributed by atoms with van der Waals surface area (Å²) in [5.74, 6) is 1.81. The highest BCUT2D eigenvalue weighted by molar-refractivity contribution is 7.89. The molecule has 1 N–H and O–H groups in total. The van der Waals surface area contributed by atoms with Crippen molar-refractivity contribution in [1.29, 1.82) is 0 Å². The van der Waals surface area contributed by atoms with Crippen molar-refractivity contribution < 1.29 is 17.9 Å². The number of rotatable bonds is 5. The maximum atomic E-state index is 13.0. The molecule has 0 spiro atoms. The number of amides is 1. The van der Waals surface area contributed by atoms with Crippen LogP contribution in [-0.4, -0.2) is 55.9 Å². The molecular formula is C23H39N3O4S. The Hall–Kier alpha value is -0.990. The summed E-state index contributed by atoms with van der Waals surface area (Å²) in [6.45, 7) is 3.78. The first-order valence-corrected chi connectivity index (χ1v) is 13.9. The van der Waals surface area contributed by atoms with Gasteiger partial charge in [0, 0.05) is 24.7 Å². The first-order valence-electron chi connectivity index (χ1n) is 12.4. The van der Waals surface area contributed by atoms with Crippen LogP contribution in [0.3, 0.4) is 0 Å². The van der Waals surface area contributed by atoms with E-state index in [0.29, 0.717) is 45.1 Å². The molecule has 4 rings (SSSR count). The fourth-order valence-corrected chi connectivity index (χ4v) is 8.26. The number of nitrogens with zero attached hydrogens (tertiary/aromatic N) is 2. The molecule has 0 aromatic rings. The zero-order chi connectivity index (χ0) is 21.8. The van der Waals surface area contributed by atoms with Gasteiger partial charge in [-0.25, -0.2) is 13.8 Å². The molecule has 8 heteroatoms. The lowest BCUT2D eigenvalue weighted by molar-refractivity contribution is -0.125. The average molecular weight is 454 g/mol. The lowest BCUT2D eigenvalue weighted by atomic mass is 9.67. The Morgan fingerprint density at radius 2 is 1.65 bits per heavy atom. The Balaban J connectivity index is 1.30. The number of hydrogen-bond acceptors (Lipinski definition) is 5. The summed E-state index contributed by atoms with van der Waals surface area (Å²) in [5.41, 5.74) is 3.83. The first-order chi connectivity index (χ1) is 14.9. The predicted octanol–water partition coefficient (Wildman–Crippen LogP) is 3.31. The third-order valence-corrected chi connectivity index (χ3v) is 10.6. The molecule has 1 heterocycles. The van der Waals surface area contributed by atoms with E-state index in [1.165, 1.54) is 44.9 Å². The molecular weight excluding hydrogens is 414 g/mol. The minimum atomic E-state index is -3.37. The third kappa shape index (κ3) is 5.50. The van der Waals surface area contributed by atoms with Crippen LogP contribution < -0.4 is 5.43 Å². The summed E-state index contributed by atoms with van der Waals surface area (Å²) in [7, 11) is -3.37. The lowest BCUT2D eigenvalue weighted by Gasteiger charge is -2.39. The molecule has 1 aliphatic heterocycles. The van der Waals surface area contributed by atoms with E-state index in [1.54, 1.807) is 4.31 Å². The highest BCUT2D eigenvalue weighted by atomic mass is 32.2. The van der Waals surface area contributed by atoms with Gasteiger partial charge < -0.3 is 4.74 Å². The van der Waals surface area contributed by atoms with E-state index >= 15 is 0 Å². The molecule has 3 aliphatic carbocycles. The fraction of sp³-hybridized carbons (Fsp3) is 0.913. The van der Waals surface area contributed by atoms with Gasteiger partial charge >= 0.3 is 0 Å². The Bertz CT molecular complexity index is 763. The molecule has 4 fully saturated rings. The van der Waals surface area contributed by atoms with Gasteiger partial charge in [-0.3, -0.25) is 4.79 Å². The quantitative estimate of drug-likeness (QED) is 0.511. The number of fused-ring (bicyclic) bond motifs is 1. The van der Waals surface area contributed by atoms with Gasteiger partial charge in [-0.2, -0.15) is 9.41 Å². The Morgan fingerprint density at radius 3 is 2.42 bits per heavy atom. The van der Waals surface area contributed by atoms with Crippen LogP contribution in [0.2, 0.25) is 0 Å². The van der Waals surface area contributed by atoms with Crippen molar-refractivity contribution >= 4 is 21.6 Å². The molecule has 4 aliphatic rings. The third-order valence-electron chi connectivity index (χ3n) is 8.22. The smallest absolute Gasteiger partial charge is 0.243 e. The van der Waals surface area contributed by atoms with Gasteiger partial charge in [-0.1, -0.05) is 32.1 Å². The van der Waals surface area contributed by atoms with Crippen LogP contribution in [0, 0.1) is 23.7 Å². The minimum absolute atomic E-state index is 0.118. The number of nitrogens with one attached hydrogen (secondary N) is 1. The van der Waals surface area contributed by atoms with Crippen molar-refractivity contribution in [2.45, 2.75) is 82.8 Å². The number of carbonyl (C=O) groups is 1. The summed E-state index contributed by atoms with van der Waals surface area (Å²) in [6.07, 6.45) is 11.7. The van der Waals surface area contributed by atoms with Gasteiger partial charge in [-0.15, -0.1) is 0 Å². The van der Waals surface area contributed by atoms with Crippen molar-refractivity contribution in [3.8, 4) is 0 Å². The molecule has 176 valence electrons. The summed E-state index contributed by atoms with van der Waals surface area (Å²) in [6, 6.07) is 0. The van der Waals surface area contributed by atoms with Crippen molar-refractivity contribution in [2.75, 3.05) is 26.3 Å². The lowest BCUT2D eigenvalue weighted by Crippen LogP contribution is -2.47. The number of ether oxygens (including phenoxy) is 1. The Kier molecular flexibility index (Phi) is 7.70. The molecule has 0 aromatic heterocycles. The number of hydrazone groups is 1. The number of hydrogen-bond donors (Lipinski definition) is 1. The minimum Gasteiger partial charge on any atom is -0.379 e. The largest absolute Gasteiger partial charge is 0.379 e. The van der Waals surface area contributed by atoms with Crippen molar-refractivity contribution in [2.24, 2.45) is 28.8 Å². The topological polar surface area (TPSA) is 88.1 Å². The molecule has 1 saturated heterocycles. The zero-order valence-corrected chi connectivity index (χ0v) is 19.7. The second kappa shape index (κ2) is 10.3. The predicted molar refractivity (Wildman–Crippen MR) is 121 cm³/mol. The number of carbonyl (C=O) groups excluding carboxylic acids is 1. The van der Waals surface area contributed by atoms with Crippen LogP contribution in [0.1, 0.15) is 77.6 Å². The first kappa shape index (κ1) is 23.2. The normalized spacial score (nSPS) is 35.9. The average Bonchev–Trinajstić information content (AvgIpc) is 2.82. The monoisotopic (exact) mass is 453 g/mol. The SMILES string of the molecule is C/C(=N\NC(=O)C1CCCC(S(=O)(=O)N2CCOCC2)C1)C1CCC2CCCCC2C1. The van der Waals surface area contributed by atoms with Crippen LogP contribution in [-0.2, 0) is 19.6 Å². The zero-order valence-electron chi connectivity index (χ0n) is 18.9. The van der Waals surface area contributed by atoms with E-state index in [9.17, 15) is 13.2 Å². The summed E-state index contributed by atoms with van der Waals surface area (Å²) in [5, 5.41) is 4.01. The Labute approximate surface area is 187 Å². The van der Waals surface area contributed by atoms with Gasteiger partial charge in [0.25, 0.3) is 0 Å². The van der Waals surface area contributed by atoms with E-state index in [-0.39, 0.29) is 11.8 Å². The molecule has 1 amide bonds. The molecule has 5 unspecified atom stereocenters. The summed E-state index contributed by atoms with van der Waals surface area (Å²) < 4.78 is 32.9.